The van der Waals surface area contributed by atoms with Crippen molar-refractivity contribution in [3.63, 3.8) is 0 Å². The van der Waals surface area contributed by atoms with Crippen molar-refractivity contribution < 1.29 is 14.3 Å². The van der Waals surface area contributed by atoms with E-state index in [4.69, 9.17) is 4.52 Å². The summed E-state index contributed by atoms with van der Waals surface area (Å²) in [5, 5.41) is 4.02. The third-order valence-corrected chi connectivity index (χ3v) is 3.77. The van der Waals surface area contributed by atoms with Gasteiger partial charge in [0.15, 0.2) is 0 Å². The predicted octanol–water partition coefficient (Wildman–Crippen LogP) is -1.41. The average molecular weight is 225 g/mol. The predicted molar refractivity (Wildman–Crippen MR) is 61.6 cm³/mol. The molecule has 2 heterocycles. The molecule has 0 radical (unpaired) electrons. The summed E-state index contributed by atoms with van der Waals surface area (Å²) >= 11 is 0. The Balaban J connectivity index is 1.92. The summed E-state index contributed by atoms with van der Waals surface area (Å²) in [4.78, 5) is 3.41. The van der Waals surface area contributed by atoms with Crippen molar-refractivity contribution in [2.24, 2.45) is 0 Å². The van der Waals surface area contributed by atoms with Crippen LogP contribution in [0.15, 0.2) is 4.52 Å². The first-order chi connectivity index (χ1) is 7.70. The number of piperazine rings is 1. The summed E-state index contributed by atoms with van der Waals surface area (Å²) in [5.41, 5.74) is 2.38. The van der Waals surface area contributed by atoms with Crippen molar-refractivity contribution in [3.05, 3.63) is 17.0 Å². The number of nitrogens with zero attached hydrogens (tertiary/aromatic N) is 1. The molecule has 1 fully saturated rings. The molecule has 0 spiro atoms. The zero-order chi connectivity index (χ0) is 11.5. The highest BCUT2D eigenvalue weighted by atomic mass is 16.5. The van der Waals surface area contributed by atoms with Gasteiger partial charge in [0.1, 0.15) is 38.5 Å². The lowest BCUT2D eigenvalue weighted by Crippen LogP contribution is -3.27. The van der Waals surface area contributed by atoms with Crippen LogP contribution in [0.1, 0.15) is 23.9 Å². The number of rotatable bonds is 3. The van der Waals surface area contributed by atoms with Crippen molar-refractivity contribution in [1.29, 1.82) is 0 Å². The van der Waals surface area contributed by atoms with Crippen molar-refractivity contribution in [2.75, 3.05) is 32.7 Å². The molecule has 16 heavy (non-hydrogen) atoms. The number of quaternary nitrogens is 2. The van der Waals surface area contributed by atoms with Crippen molar-refractivity contribution in [3.8, 4) is 0 Å². The summed E-state index contributed by atoms with van der Waals surface area (Å²) in [6, 6.07) is 0. The number of nitrogens with one attached hydrogen (secondary N) is 2. The topological polar surface area (TPSA) is 34.9 Å². The van der Waals surface area contributed by atoms with Gasteiger partial charge in [-0.25, -0.2) is 0 Å². The van der Waals surface area contributed by atoms with Gasteiger partial charge in [0.2, 0.25) is 0 Å². The highest BCUT2D eigenvalue weighted by Crippen LogP contribution is 2.10. The molecule has 1 aliphatic heterocycles. The van der Waals surface area contributed by atoms with Crippen molar-refractivity contribution >= 4 is 0 Å². The maximum atomic E-state index is 5.21. The minimum absolute atomic E-state index is 0.996. The van der Waals surface area contributed by atoms with Gasteiger partial charge in [0, 0.05) is 0 Å². The van der Waals surface area contributed by atoms with Gasteiger partial charge in [-0.2, -0.15) is 0 Å². The molecule has 0 saturated carbocycles. The van der Waals surface area contributed by atoms with E-state index in [1.807, 2.05) is 13.8 Å². The van der Waals surface area contributed by atoms with E-state index in [2.05, 4.69) is 12.1 Å². The van der Waals surface area contributed by atoms with Crippen LogP contribution >= 0.6 is 0 Å². The van der Waals surface area contributed by atoms with Crippen LogP contribution in [0.3, 0.4) is 0 Å². The summed E-state index contributed by atoms with van der Waals surface area (Å²) in [5.74, 6) is 0.996. The van der Waals surface area contributed by atoms with E-state index in [1.54, 1.807) is 9.80 Å². The van der Waals surface area contributed by atoms with Crippen LogP contribution in [0, 0.1) is 13.8 Å². The largest absolute Gasteiger partial charge is 0.361 e. The summed E-state index contributed by atoms with van der Waals surface area (Å²) < 4.78 is 5.21. The highest BCUT2D eigenvalue weighted by Gasteiger charge is 2.23. The lowest BCUT2D eigenvalue weighted by molar-refractivity contribution is -1.02. The van der Waals surface area contributed by atoms with E-state index in [1.165, 1.54) is 38.3 Å². The standard InChI is InChI=1S/C12H21N3O/c1-4-14-5-7-15(8-6-14)9-12-10(2)13-16-11(12)3/h4-9H2,1-3H3/p+2. The quantitative estimate of drug-likeness (QED) is 0.663. The minimum Gasteiger partial charge on any atom is -0.361 e. The Labute approximate surface area is 97.2 Å². The maximum Gasteiger partial charge on any atom is 0.142 e. The average Bonchev–Trinajstić information content (AvgIpc) is 2.62. The number of aromatic nitrogens is 1. The molecule has 2 N–H and O–H groups in total. The molecule has 0 aromatic carbocycles. The summed E-state index contributed by atoms with van der Waals surface area (Å²) in [6.07, 6.45) is 0. The molecule has 4 heteroatoms. The number of aryl methyl sites for hydroxylation is 2. The van der Waals surface area contributed by atoms with Gasteiger partial charge in [0.25, 0.3) is 0 Å². The van der Waals surface area contributed by atoms with Crippen LogP contribution in [0.5, 0.6) is 0 Å². The molecule has 1 aromatic rings. The molecule has 0 atom stereocenters. The van der Waals surface area contributed by atoms with Gasteiger partial charge in [-0.1, -0.05) is 5.16 Å². The Kier molecular flexibility index (Phi) is 3.61. The van der Waals surface area contributed by atoms with E-state index < -0.39 is 0 Å². The lowest BCUT2D eigenvalue weighted by atomic mass is 10.2. The molecule has 0 amide bonds. The van der Waals surface area contributed by atoms with Gasteiger partial charge in [-0.3, -0.25) is 0 Å². The van der Waals surface area contributed by atoms with Crippen molar-refractivity contribution in [1.82, 2.24) is 5.16 Å². The fraction of sp³-hybridized carbons (Fsp3) is 0.750. The summed E-state index contributed by atoms with van der Waals surface area (Å²) in [6.45, 7) is 13.8. The van der Waals surface area contributed by atoms with Crippen LogP contribution in [0.4, 0.5) is 0 Å². The zero-order valence-electron chi connectivity index (χ0n) is 10.6. The Morgan fingerprint density at radius 1 is 1.12 bits per heavy atom. The number of likely N-dealkylation sites (N-methyl/N-ethyl adjacent to an activating group) is 1. The Hall–Kier alpha value is -0.870. The minimum atomic E-state index is 0.996. The fourth-order valence-electron chi connectivity index (χ4n) is 2.49. The molecular formula is C12H23N3O+2. The SMILES string of the molecule is CC[NH+]1CC[NH+](Cc2c(C)noc2C)CC1. The first-order valence-corrected chi connectivity index (χ1v) is 6.29. The third-order valence-electron chi connectivity index (χ3n) is 3.77. The zero-order valence-corrected chi connectivity index (χ0v) is 10.6. The first kappa shape index (κ1) is 11.6. The Morgan fingerprint density at radius 2 is 1.75 bits per heavy atom. The molecule has 2 rings (SSSR count). The molecule has 4 nitrogen and oxygen atoms in total. The van der Waals surface area contributed by atoms with E-state index in [9.17, 15) is 0 Å². The highest BCUT2D eigenvalue weighted by molar-refractivity contribution is 5.19. The molecule has 1 aliphatic rings. The van der Waals surface area contributed by atoms with Crippen LogP contribution in [0.2, 0.25) is 0 Å². The molecular weight excluding hydrogens is 202 g/mol. The third kappa shape index (κ3) is 2.44. The monoisotopic (exact) mass is 225 g/mol. The molecule has 0 unspecified atom stereocenters. The summed E-state index contributed by atoms with van der Waals surface area (Å²) in [7, 11) is 0. The van der Waals surface area contributed by atoms with E-state index in [0.29, 0.717) is 0 Å². The molecule has 90 valence electrons. The van der Waals surface area contributed by atoms with Gasteiger partial charge >= 0.3 is 0 Å². The Morgan fingerprint density at radius 3 is 2.25 bits per heavy atom. The van der Waals surface area contributed by atoms with E-state index in [-0.39, 0.29) is 0 Å². The van der Waals surface area contributed by atoms with Crippen LogP contribution in [-0.4, -0.2) is 37.9 Å². The van der Waals surface area contributed by atoms with Crippen LogP contribution in [0.25, 0.3) is 0 Å². The van der Waals surface area contributed by atoms with Crippen molar-refractivity contribution in [2.45, 2.75) is 27.3 Å². The number of hydrogen-bond donors (Lipinski definition) is 2. The fourth-order valence-corrected chi connectivity index (χ4v) is 2.49. The molecule has 0 aliphatic carbocycles. The second-order valence-electron chi connectivity index (χ2n) is 4.83. The van der Waals surface area contributed by atoms with Crippen LogP contribution < -0.4 is 9.80 Å². The van der Waals surface area contributed by atoms with Gasteiger partial charge < -0.3 is 14.3 Å². The molecule has 1 aromatic heterocycles. The van der Waals surface area contributed by atoms with E-state index in [0.717, 1.165) is 18.0 Å². The second kappa shape index (κ2) is 4.97. The van der Waals surface area contributed by atoms with E-state index >= 15 is 0 Å². The molecule has 0 bridgehead atoms. The number of hydrogen-bond acceptors (Lipinski definition) is 2. The second-order valence-corrected chi connectivity index (χ2v) is 4.83. The molecule has 1 saturated heterocycles. The van der Waals surface area contributed by atoms with Gasteiger partial charge in [-0.05, 0) is 20.8 Å². The first-order valence-electron chi connectivity index (χ1n) is 6.29. The normalized spacial score (nSPS) is 25.9. The lowest BCUT2D eigenvalue weighted by Gasteiger charge is -2.28. The van der Waals surface area contributed by atoms with Gasteiger partial charge in [0.05, 0.1) is 17.8 Å². The Bertz CT molecular complexity index is 321. The smallest absolute Gasteiger partial charge is 0.142 e. The van der Waals surface area contributed by atoms with Crippen LogP contribution in [-0.2, 0) is 6.54 Å². The maximum absolute atomic E-state index is 5.21. The van der Waals surface area contributed by atoms with Gasteiger partial charge in [-0.15, -0.1) is 0 Å².